The highest BCUT2D eigenvalue weighted by atomic mass is 35.5. The molecule has 0 radical (unpaired) electrons. The number of methoxy groups -OCH3 is 1. The lowest BCUT2D eigenvalue weighted by Gasteiger charge is -2.13. The highest BCUT2D eigenvalue weighted by Gasteiger charge is 2.11. The van der Waals surface area contributed by atoms with Crippen LogP contribution >= 0.6 is 12.4 Å². The van der Waals surface area contributed by atoms with Gasteiger partial charge in [-0.1, -0.05) is 19.9 Å². The molecule has 112 valence electrons. The lowest BCUT2D eigenvalue weighted by atomic mass is 10.0. The minimum absolute atomic E-state index is 0. The molecular formula is C16H19ClN2O2. The number of hydrogen-bond donors (Lipinski definition) is 1. The number of nitrogens with one attached hydrogen (secondary N) is 1. The molecule has 0 bridgehead atoms. The molecule has 1 aromatic heterocycles. The first-order valence-corrected chi connectivity index (χ1v) is 6.51. The van der Waals surface area contributed by atoms with E-state index in [4.69, 9.17) is 4.74 Å². The number of benzene rings is 1. The van der Waals surface area contributed by atoms with Crippen molar-refractivity contribution in [1.29, 1.82) is 0 Å². The molecule has 0 saturated heterocycles. The zero-order chi connectivity index (χ0) is 14.5. The van der Waals surface area contributed by atoms with Crippen LogP contribution < -0.4 is 10.1 Å². The van der Waals surface area contributed by atoms with Crippen LogP contribution in [0.25, 0.3) is 0 Å². The molecule has 1 heterocycles. The third-order valence-electron chi connectivity index (χ3n) is 3.08. The van der Waals surface area contributed by atoms with Crippen LogP contribution in [0.1, 0.15) is 35.7 Å². The zero-order valence-corrected chi connectivity index (χ0v) is 13.1. The molecule has 0 atom stereocenters. The van der Waals surface area contributed by atoms with Crippen LogP contribution in [0, 0.1) is 0 Å². The second-order valence-electron chi connectivity index (χ2n) is 4.80. The number of aromatic nitrogens is 1. The van der Waals surface area contributed by atoms with Crippen molar-refractivity contribution in [2.24, 2.45) is 0 Å². The van der Waals surface area contributed by atoms with Crippen molar-refractivity contribution in [3.05, 3.63) is 53.9 Å². The van der Waals surface area contributed by atoms with E-state index in [2.05, 4.69) is 24.1 Å². The maximum Gasteiger partial charge on any atom is 0.255 e. The average Bonchev–Trinajstić information content (AvgIpc) is 2.48. The van der Waals surface area contributed by atoms with Gasteiger partial charge in [0.1, 0.15) is 5.75 Å². The topological polar surface area (TPSA) is 51.2 Å². The SMILES string of the molecule is COc1ccc(C(C)C)cc1NC(=O)c1ccncc1.Cl. The van der Waals surface area contributed by atoms with Gasteiger partial charge in [-0.2, -0.15) is 0 Å². The molecule has 1 N–H and O–H groups in total. The minimum Gasteiger partial charge on any atom is -0.495 e. The van der Waals surface area contributed by atoms with Crippen LogP contribution in [0.15, 0.2) is 42.7 Å². The number of rotatable bonds is 4. The molecule has 0 aliphatic carbocycles. The number of amides is 1. The average molecular weight is 307 g/mol. The Labute approximate surface area is 131 Å². The van der Waals surface area contributed by atoms with Crippen molar-refractivity contribution in [3.63, 3.8) is 0 Å². The molecule has 0 spiro atoms. The molecule has 2 aromatic rings. The second-order valence-corrected chi connectivity index (χ2v) is 4.80. The lowest BCUT2D eigenvalue weighted by Crippen LogP contribution is -2.13. The summed E-state index contributed by atoms with van der Waals surface area (Å²) in [6.07, 6.45) is 3.19. The molecular weight excluding hydrogens is 288 g/mol. The Balaban J connectivity index is 0.00000220. The normalized spacial score (nSPS) is 9.90. The summed E-state index contributed by atoms with van der Waals surface area (Å²) in [4.78, 5) is 16.1. The van der Waals surface area contributed by atoms with Crippen molar-refractivity contribution in [2.75, 3.05) is 12.4 Å². The number of carbonyl (C=O) groups is 1. The van der Waals surface area contributed by atoms with Crippen LogP contribution in [-0.4, -0.2) is 18.0 Å². The van der Waals surface area contributed by atoms with E-state index >= 15 is 0 Å². The first-order valence-electron chi connectivity index (χ1n) is 6.51. The van der Waals surface area contributed by atoms with Gasteiger partial charge in [-0.15, -0.1) is 12.4 Å². The van der Waals surface area contributed by atoms with Crippen LogP contribution in [0.3, 0.4) is 0 Å². The van der Waals surface area contributed by atoms with Crippen LogP contribution in [0.5, 0.6) is 5.75 Å². The molecule has 0 aliphatic heterocycles. The van der Waals surface area contributed by atoms with Gasteiger partial charge < -0.3 is 10.1 Å². The molecule has 0 saturated carbocycles. The van der Waals surface area contributed by atoms with Crippen molar-refractivity contribution in [3.8, 4) is 5.75 Å². The fourth-order valence-corrected chi connectivity index (χ4v) is 1.88. The molecule has 4 nitrogen and oxygen atoms in total. The Morgan fingerprint density at radius 3 is 2.43 bits per heavy atom. The van der Waals surface area contributed by atoms with Gasteiger partial charge in [-0.05, 0) is 35.7 Å². The molecule has 1 aromatic carbocycles. The summed E-state index contributed by atoms with van der Waals surface area (Å²) in [6, 6.07) is 9.17. The molecule has 0 unspecified atom stereocenters. The Morgan fingerprint density at radius 1 is 1.19 bits per heavy atom. The van der Waals surface area contributed by atoms with E-state index < -0.39 is 0 Å². The number of carbonyl (C=O) groups excluding carboxylic acids is 1. The van der Waals surface area contributed by atoms with E-state index in [9.17, 15) is 4.79 Å². The summed E-state index contributed by atoms with van der Waals surface area (Å²) in [6.45, 7) is 4.21. The van der Waals surface area contributed by atoms with E-state index in [1.165, 1.54) is 0 Å². The van der Waals surface area contributed by atoms with E-state index in [0.717, 1.165) is 5.56 Å². The third kappa shape index (κ3) is 4.20. The third-order valence-corrected chi connectivity index (χ3v) is 3.08. The van der Waals surface area contributed by atoms with Gasteiger partial charge in [0.2, 0.25) is 0 Å². The van der Waals surface area contributed by atoms with Gasteiger partial charge in [0.05, 0.1) is 12.8 Å². The van der Waals surface area contributed by atoms with Gasteiger partial charge in [-0.3, -0.25) is 9.78 Å². The number of pyridine rings is 1. The van der Waals surface area contributed by atoms with Crippen LogP contribution in [0.2, 0.25) is 0 Å². The molecule has 1 amide bonds. The van der Waals surface area contributed by atoms with Gasteiger partial charge in [0, 0.05) is 18.0 Å². The van der Waals surface area contributed by atoms with Crippen molar-refractivity contribution in [1.82, 2.24) is 4.98 Å². The molecule has 2 rings (SSSR count). The first-order chi connectivity index (χ1) is 9.61. The Bertz CT molecular complexity index is 600. The van der Waals surface area contributed by atoms with Crippen molar-refractivity contribution < 1.29 is 9.53 Å². The van der Waals surface area contributed by atoms with E-state index in [1.54, 1.807) is 31.6 Å². The Hall–Kier alpha value is -2.07. The fraction of sp³-hybridized carbons (Fsp3) is 0.250. The fourth-order valence-electron chi connectivity index (χ4n) is 1.88. The highest BCUT2D eigenvalue weighted by Crippen LogP contribution is 2.29. The summed E-state index contributed by atoms with van der Waals surface area (Å²) in [5, 5.41) is 2.88. The van der Waals surface area contributed by atoms with Gasteiger partial charge in [-0.25, -0.2) is 0 Å². The quantitative estimate of drug-likeness (QED) is 0.932. The number of nitrogens with zero attached hydrogens (tertiary/aromatic N) is 1. The molecule has 0 aliphatic rings. The van der Waals surface area contributed by atoms with E-state index in [-0.39, 0.29) is 18.3 Å². The summed E-state index contributed by atoms with van der Waals surface area (Å²) < 4.78 is 5.29. The van der Waals surface area contributed by atoms with Crippen molar-refractivity contribution in [2.45, 2.75) is 19.8 Å². The predicted octanol–water partition coefficient (Wildman–Crippen LogP) is 3.89. The summed E-state index contributed by atoms with van der Waals surface area (Å²) in [5.41, 5.74) is 2.40. The number of halogens is 1. The highest BCUT2D eigenvalue weighted by molar-refractivity contribution is 6.04. The maximum absolute atomic E-state index is 12.2. The van der Waals surface area contributed by atoms with Crippen LogP contribution in [-0.2, 0) is 0 Å². The summed E-state index contributed by atoms with van der Waals surface area (Å²) in [5.74, 6) is 0.862. The monoisotopic (exact) mass is 306 g/mol. The number of anilines is 1. The van der Waals surface area contributed by atoms with Crippen molar-refractivity contribution >= 4 is 24.0 Å². The minimum atomic E-state index is -0.174. The first kappa shape index (κ1) is 17.0. The predicted molar refractivity (Wildman–Crippen MR) is 86.5 cm³/mol. The Kier molecular flexibility index (Phi) is 6.18. The second kappa shape index (κ2) is 7.64. The summed E-state index contributed by atoms with van der Waals surface area (Å²) >= 11 is 0. The smallest absolute Gasteiger partial charge is 0.255 e. The lowest BCUT2D eigenvalue weighted by molar-refractivity contribution is 0.102. The maximum atomic E-state index is 12.2. The number of ether oxygens (including phenoxy) is 1. The van der Waals surface area contributed by atoms with E-state index in [1.807, 2.05) is 18.2 Å². The van der Waals surface area contributed by atoms with Gasteiger partial charge in [0.15, 0.2) is 0 Å². The molecule has 5 heteroatoms. The molecule has 0 fully saturated rings. The largest absolute Gasteiger partial charge is 0.495 e. The standard InChI is InChI=1S/C16H18N2O2.ClH/c1-11(2)13-4-5-15(20-3)14(10-13)18-16(19)12-6-8-17-9-7-12;/h4-11H,1-3H3,(H,18,19);1H. The van der Waals surface area contributed by atoms with E-state index in [0.29, 0.717) is 22.9 Å². The zero-order valence-electron chi connectivity index (χ0n) is 12.3. The Morgan fingerprint density at radius 2 is 1.86 bits per heavy atom. The van der Waals surface area contributed by atoms with Gasteiger partial charge >= 0.3 is 0 Å². The molecule has 21 heavy (non-hydrogen) atoms. The summed E-state index contributed by atoms with van der Waals surface area (Å²) in [7, 11) is 1.59. The van der Waals surface area contributed by atoms with Crippen LogP contribution in [0.4, 0.5) is 5.69 Å². The van der Waals surface area contributed by atoms with Gasteiger partial charge in [0.25, 0.3) is 5.91 Å². The number of hydrogen-bond acceptors (Lipinski definition) is 3.